The second-order valence-corrected chi connectivity index (χ2v) is 5.82. The van der Waals surface area contributed by atoms with Gasteiger partial charge in [-0.05, 0) is 48.7 Å². The van der Waals surface area contributed by atoms with Crippen LogP contribution in [0.5, 0.6) is 17.2 Å². The molecule has 1 atom stereocenters. The highest BCUT2D eigenvalue weighted by Gasteiger charge is 2.22. The molecule has 1 unspecified atom stereocenters. The zero-order chi connectivity index (χ0) is 18.4. The van der Waals surface area contributed by atoms with Gasteiger partial charge in [-0.25, -0.2) is 0 Å². The maximum atomic E-state index is 11.8. The van der Waals surface area contributed by atoms with Gasteiger partial charge in [-0.3, -0.25) is 4.79 Å². The van der Waals surface area contributed by atoms with E-state index in [0.29, 0.717) is 34.4 Å². The molecule has 2 rings (SSSR count). The van der Waals surface area contributed by atoms with E-state index in [1.165, 1.54) is 7.11 Å². The first-order valence-corrected chi connectivity index (χ1v) is 8.23. The number of benzene rings is 2. The molecular formula is C19H21ClO5. The summed E-state index contributed by atoms with van der Waals surface area (Å²) in [6.07, 6.45) is 0.283. The first-order valence-electron chi connectivity index (χ1n) is 7.86. The number of carboxylic acids is 1. The standard InChI is InChI=1S/C19H21ClO5/c1-4-25-17-11-12(10-16(20)18(17)24-3)9-15(19(21)22)13-5-7-14(23-2)8-6-13/h5-8,10-11,15H,4,9H2,1-3H3,(H,21,22). The maximum Gasteiger partial charge on any atom is 0.311 e. The Kier molecular flexibility index (Phi) is 6.53. The Morgan fingerprint density at radius 3 is 2.36 bits per heavy atom. The van der Waals surface area contributed by atoms with Crippen molar-refractivity contribution >= 4 is 17.6 Å². The van der Waals surface area contributed by atoms with Crippen LogP contribution in [0.4, 0.5) is 0 Å². The van der Waals surface area contributed by atoms with Gasteiger partial charge in [-0.15, -0.1) is 0 Å². The van der Waals surface area contributed by atoms with E-state index < -0.39 is 11.9 Å². The molecule has 0 amide bonds. The van der Waals surface area contributed by atoms with Crippen LogP contribution in [0.2, 0.25) is 5.02 Å². The summed E-state index contributed by atoms with van der Waals surface area (Å²) in [5, 5.41) is 10.0. The SMILES string of the molecule is CCOc1cc(CC(C(=O)O)c2ccc(OC)cc2)cc(Cl)c1OC. The third-order valence-electron chi connectivity index (χ3n) is 3.83. The molecule has 0 aliphatic carbocycles. The molecule has 0 saturated heterocycles. The molecule has 0 aliphatic heterocycles. The molecule has 25 heavy (non-hydrogen) atoms. The van der Waals surface area contributed by atoms with E-state index in [9.17, 15) is 9.90 Å². The number of carboxylic acid groups (broad SMARTS) is 1. The summed E-state index contributed by atoms with van der Waals surface area (Å²) in [6, 6.07) is 10.5. The minimum Gasteiger partial charge on any atom is -0.497 e. The van der Waals surface area contributed by atoms with Gasteiger partial charge in [0.05, 0.1) is 31.8 Å². The highest BCUT2D eigenvalue weighted by molar-refractivity contribution is 6.32. The van der Waals surface area contributed by atoms with Gasteiger partial charge in [0.25, 0.3) is 0 Å². The number of ether oxygens (including phenoxy) is 3. The van der Waals surface area contributed by atoms with Crippen LogP contribution in [-0.4, -0.2) is 31.9 Å². The molecule has 0 aliphatic rings. The minimum atomic E-state index is -0.907. The Labute approximate surface area is 152 Å². The van der Waals surface area contributed by atoms with E-state index in [2.05, 4.69) is 0 Å². The van der Waals surface area contributed by atoms with Crippen LogP contribution in [0.1, 0.15) is 24.0 Å². The largest absolute Gasteiger partial charge is 0.497 e. The third kappa shape index (κ3) is 4.57. The van der Waals surface area contributed by atoms with Crippen LogP contribution in [0.3, 0.4) is 0 Å². The fourth-order valence-electron chi connectivity index (χ4n) is 2.62. The zero-order valence-corrected chi connectivity index (χ0v) is 15.2. The van der Waals surface area contributed by atoms with Crippen LogP contribution >= 0.6 is 11.6 Å². The zero-order valence-electron chi connectivity index (χ0n) is 14.4. The van der Waals surface area contributed by atoms with Gasteiger partial charge < -0.3 is 19.3 Å². The predicted molar refractivity (Wildman–Crippen MR) is 96.2 cm³/mol. The topological polar surface area (TPSA) is 65.0 Å². The van der Waals surface area contributed by atoms with Crippen LogP contribution in [0.25, 0.3) is 0 Å². The Morgan fingerprint density at radius 2 is 1.84 bits per heavy atom. The predicted octanol–water partition coefficient (Wildman–Crippen LogP) is 4.17. The molecule has 0 saturated carbocycles. The number of aliphatic carboxylic acids is 1. The van der Waals surface area contributed by atoms with Crippen molar-refractivity contribution in [1.29, 1.82) is 0 Å². The van der Waals surface area contributed by atoms with Crippen LogP contribution < -0.4 is 14.2 Å². The number of hydrogen-bond acceptors (Lipinski definition) is 4. The summed E-state index contributed by atoms with van der Waals surface area (Å²) in [6.45, 7) is 2.31. The molecule has 0 aromatic heterocycles. The molecule has 0 heterocycles. The summed E-state index contributed by atoms with van der Waals surface area (Å²) in [4.78, 5) is 11.8. The van der Waals surface area contributed by atoms with Crippen molar-refractivity contribution in [2.75, 3.05) is 20.8 Å². The fraction of sp³-hybridized carbons (Fsp3) is 0.316. The van der Waals surface area contributed by atoms with Crippen molar-refractivity contribution in [1.82, 2.24) is 0 Å². The monoisotopic (exact) mass is 364 g/mol. The molecule has 2 aromatic rings. The normalized spacial score (nSPS) is 11.7. The fourth-order valence-corrected chi connectivity index (χ4v) is 2.93. The lowest BCUT2D eigenvalue weighted by Crippen LogP contribution is -2.14. The summed E-state index contributed by atoms with van der Waals surface area (Å²) in [5.41, 5.74) is 1.45. The Bertz CT molecular complexity index is 727. The molecule has 0 fully saturated rings. The number of rotatable bonds is 8. The molecule has 0 bridgehead atoms. The van der Waals surface area contributed by atoms with Crippen molar-refractivity contribution in [3.05, 3.63) is 52.5 Å². The van der Waals surface area contributed by atoms with E-state index in [1.807, 2.05) is 6.92 Å². The van der Waals surface area contributed by atoms with Gasteiger partial charge in [0.15, 0.2) is 11.5 Å². The molecule has 2 aromatic carbocycles. The molecular weight excluding hydrogens is 344 g/mol. The summed E-state index contributed by atoms with van der Waals surface area (Å²) in [7, 11) is 3.08. The van der Waals surface area contributed by atoms with Gasteiger partial charge >= 0.3 is 5.97 Å². The van der Waals surface area contributed by atoms with Crippen molar-refractivity contribution in [3.8, 4) is 17.2 Å². The van der Waals surface area contributed by atoms with Gasteiger partial charge in [-0.2, -0.15) is 0 Å². The van der Waals surface area contributed by atoms with Crippen molar-refractivity contribution in [2.24, 2.45) is 0 Å². The highest BCUT2D eigenvalue weighted by Crippen LogP contribution is 2.37. The highest BCUT2D eigenvalue weighted by atomic mass is 35.5. The molecule has 0 radical (unpaired) electrons. The number of hydrogen-bond donors (Lipinski definition) is 1. The first kappa shape index (κ1) is 18.9. The van der Waals surface area contributed by atoms with E-state index in [0.717, 1.165) is 5.56 Å². The average molecular weight is 365 g/mol. The Hall–Kier alpha value is -2.40. The lowest BCUT2D eigenvalue weighted by atomic mass is 9.92. The second-order valence-electron chi connectivity index (χ2n) is 5.41. The Balaban J connectivity index is 2.34. The maximum absolute atomic E-state index is 11.8. The van der Waals surface area contributed by atoms with E-state index >= 15 is 0 Å². The van der Waals surface area contributed by atoms with Crippen LogP contribution in [0.15, 0.2) is 36.4 Å². The summed E-state index contributed by atoms with van der Waals surface area (Å²) in [5.74, 6) is 0.0221. The van der Waals surface area contributed by atoms with Crippen molar-refractivity contribution in [3.63, 3.8) is 0 Å². The first-order chi connectivity index (χ1) is 12.0. The van der Waals surface area contributed by atoms with E-state index in [4.69, 9.17) is 25.8 Å². The van der Waals surface area contributed by atoms with Crippen LogP contribution in [0, 0.1) is 0 Å². The molecule has 5 nitrogen and oxygen atoms in total. The van der Waals surface area contributed by atoms with Gasteiger partial charge in [0.1, 0.15) is 5.75 Å². The summed E-state index contributed by atoms with van der Waals surface area (Å²) >= 11 is 6.25. The molecule has 6 heteroatoms. The average Bonchev–Trinajstić information content (AvgIpc) is 2.60. The van der Waals surface area contributed by atoms with Crippen molar-refractivity contribution in [2.45, 2.75) is 19.3 Å². The van der Waals surface area contributed by atoms with Gasteiger partial charge in [-0.1, -0.05) is 23.7 Å². The summed E-state index contributed by atoms with van der Waals surface area (Å²) < 4.78 is 15.9. The molecule has 1 N–H and O–H groups in total. The minimum absolute atomic E-state index is 0.283. The number of halogens is 1. The lowest BCUT2D eigenvalue weighted by Gasteiger charge is -2.16. The molecule has 0 spiro atoms. The lowest BCUT2D eigenvalue weighted by molar-refractivity contribution is -0.138. The van der Waals surface area contributed by atoms with E-state index in [-0.39, 0.29) is 6.42 Å². The van der Waals surface area contributed by atoms with Crippen molar-refractivity contribution < 1.29 is 24.1 Å². The second kappa shape index (κ2) is 8.62. The quantitative estimate of drug-likeness (QED) is 0.761. The third-order valence-corrected chi connectivity index (χ3v) is 4.11. The number of methoxy groups -OCH3 is 2. The van der Waals surface area contributed by atoms with Gasteiger partial charge in [0.2, 0.25) is 0 Å². The molecule has 134 valence electrons. The van der Waals surface area contributed by atoms with Gasteiger partial charge in [0, 0.05) is 0 Å². The Morgan fingerprint density at radius 1 is 1.16 bits per heavy atom. The van der Waals surface area contributed by atoms with Crippen LogP contribution in [-0.2, 0) is 11.2 Å². The smallest absolute Gasteiger partial charge is 0.311 e. The van der Waals surface area contributed by atoms with E-state index in [1.54, 1.807) is 43.5 Å². The number of carbonyl (C=O) groups is 1.